The average Bonchev–Trinajstić information content (AvgIpc) is 2.27. The summed E-state index contributed by atoms with van der Waals surface area (Å²) in [4.78, 5) is 0. The summed E-state index contributed by atoms with van der Waals surface area (Å²) in [5.41, 5.74) is 1.07. The van der Waals surface area contributed by atoms with Crippen LogP contribution < -0.4 is 10.6 Å². The van der Waals surface area contributed by atoms with E-state index in [1.165, 1.54) is 12.8 Å². The molecule has 1 aliphatic heterocycles. The number of rotatable bonds is 4. The number of terminal acetylenes is 1. The SMILES string of the molecule is C#CC(/C=C(/C)NC1CCCCO1)NC. The van der Waals surface area contributed by atoms with Crippen LogP contribution in [-0.2, 0) is 4.74 Å². The fraction of sp³-hybridized carbons (Fsp3) is 0.667. The van der Waals surface area contributed by atoms with Crippen LogP contribution in [0.5, 0.6) is 0 Å². The third kappa shape index (κ3) is 4.37. The maximum Gasteiger partial charge on any atom is 0.127 e. The molecule has 1 rings (SSSR count). The van der Waals surface area contributed by atoms with Crippen LogP contribution in [0.3, 0.4) is 0 Å². The first-order valence-electron chi connectivity index (χ1n) is 5.46. The van der Waals surface area contributed by atoms with Crippen molar-refractivity contribution in [1.82, 2.24) is 10.6 Å². The summed E-state index contributed by atoms with van der Waals surface area (Å²) < 4.78 is 5.57. The summed E-state index contributed by atoms with van der Waals surface area (Å²) in [6, 6.07) is -0.0129. The first-order valence-corrected chi connectivity index (χ1v) is 5.46. The quantitative estimate of drug-likeness (QED) is 0.682. The van der Waals surface area contributed by atoms with Crippen LogP contribution in [0.25, 0.3) is 0 Å². The van der Waals surface area contributed by atoms with Crippen LogP contribution in [0, 0.1) is 12.3 Å². The molecule has 0 bridgehead atoms. The highest BCUT2D eigenvalue weighted by atomic mass is 16.5. The van der Waals surface area contributed by atoms with Crippen LogP contribution in [0.15, 0.2) is 11.8 Å². The zero-order valence-corrected chi connectivity index (χ0v) is 9.55. The van der Waals surface area contributed by atoms with E-state index in [4.69, 9.17) is 11.2 Å². The molecule has 84 valence electrons. The van der Waals surface area contributed by atoms with E-state index in [-0.39, 0.29) is 12.3 Å². The van der Waals surface area contributed by atoms with E-state index >= 15 is 0 Å². The molecule has 3 nitrogen and oxygen atoms in total. The van der Waals surface area contributed by atoms with E-state index in [0.717, 1.165) is 18.7 Å². The highest BCUT2D eigenvalue weighted by Crippen LogP contribution is 2.11. The fourth-order valence-electron chi connectivity index (χ4n) is 1.62. The van der Waals surface area contributed by atoms with Gasteiger partial charge in [0.25, 0.3) is 0 Å². The Balaban J connectivity index is 2.39. The molecular formula is C12H20N2O. The Hall–Kier alpha value is -0.980. The number of ether oxygens (including phenoxy) is 1. The molecule has 0 amide bonds. The average molecular weight is 208 g/mol. The molecule has 0 radical (unpaired) electrons. The van der Waals surface area contributed by atoms with Gasteiger partial charge in [-0.1, -0.05) is 5.92 Å². The molecule has 15 heavy (non-hydrogen) atoms. The van der Waals surface area contributed by atoms with Crippen LogP contribution in [0.4, 0.5) is 0 Å². The van der Waals surface area contributed by atoms with Crippen molar-refractivity contribution in [3.8, 4) is 12.3 Å². The minimum atomic E-state index is -0.0129. The fourth-order valence-corrected chi connectivity index (χ4v) is 1.62. The molecular weight excluding hydrogens is 188 g/mol. The van der Waals surface area contributed by atoms with Crippen molar-refractivity contribution in [2.45, 2.75) is 38.5 Å². The smallest absolute Gasteiger partial charge is 0.127 e. The van der Waals surface area contributed by atoms with Gasteiger partial charge in [0, 0.05) is 12.3 Å². The summed E-state index contributed by atoms with van der Waals surface area (Å²) in [5, 5.41) is 6.35. The lowest BCUT2D eigenvalue weighted by atomic mass is 10.2. The summed E-state index contributed by atoms with van der Waals surface area (Å²) in [5.74, 6) is 2.65. The molecule has 1 heterocycles. The van der Waals surface area contributed by atoms with Gasteiger partial charge in [0.2, 0.25) is 0 Å². The van der Waals surface area contributed by atoms with Gasteiger partial charge in [0.05, 0.1) is 6.04 Å². The molecule has 1 fully saturated rings. The summed E-state index contributed by atoms with van der Waals surface area (Å²) in [6.07, 6.45) is 11.0. The lowest BCUT2D eigenvalue weighted by molar-refractivity contribution is 0.00110. The van der Waals surface area contributed by atoms with E-state index in [9.17, 15) is 0 Å². The molecule has 2 atom stereocenters. The van der Waals surface area contributed by atoms with E-state index in [1.807, 2.05) is 20.0 Å². The first kappa shape index (κ1) is 12.1. The maximum absolute atomic E-state index is 5.57. The van der Waals surface area contributed by atoms with Crippen molar-refractivity contribution in [2.75, 3.05) is 13.7 Å². The monoisotopic (exact) mass is 208 g/mol. The Kier molecular flexibility index (Phi) is 5.23. The lowest BCUT2D eigenvalue weighted by Crippen LogP contribution is -2.34. The molecule has 0 aromatic carbocycles. The first-order chi connectivity index (χ1) is 7.26. The van der Waals surface area contributed by atoms with E-state index < -0.39 is 0 Å². The van der Waals surface area contributed by atoms with Crippen molar-refractivity contribution < 1.29 is 4.74 Å². The molecule has 0 aliphatic carbocycles. The van der Waals surface area contributed by atoms with Gasteiger partial charge >= 0.3 is 0 Å². The van der Waals surface area contributed by atoms with Crippen molar-refractivity contribution in [1.29, 1.82) is 0 Å². The highest BCUT2D eigenvalue weighted by molar-refractivity contribution is 5.14. The summed E-state index contributed by atoms with van der Waals surface area (Å²) >= 11 is 0. The van der Waals surface area contributed by atoms with Crippen LogP contribution >= 0.6 is 0 Å². The normalized spacial score (nSPS) is 24.3. The van der Waals surface area contributed by atoms with Gasteiger partial charge in [-0.15, -0.1) is 6.42 Å². The number of nitrogens with one attached hydrogen (secondary N) is 2. The minimum absolute atomic E-state index is 0.0129. The van der Waals surface area contributed by atoms with Gasteiger partial charge in [-0.25, -0.2) is 0 Å². The second-order valence-corrected chi connectivity index (χ2v) is 3.78. The molecule has 2 N–H and O–H groups in total. The standard InChI is InChI=1S/C12H20N2O/c1-4-11(13-3)9-10(2)14-12-7-5-6-8-15-12/h1,9,11-14H,5-8H2,2-3H3/b10-9-. The van der Waals surface area contributed by atoms with Gasteiger partial charge in [-0.2, -0.15) is 0 Å². The Morgan fingerprint density at radius 1 is 1.60 bits per heavy atom. The molecule has 0 saturated carbocycles. The summed E-state index contributed by atoms with van der Waals surface area (Å²) in [7, 11) is 1.85. The Morgan fingerprint density at radius 2 is 2.40 bits per heavy atom. The molecule has 0 aromatic rings. The topological polar surface area (TPSA) is 33.3 Å². The zero-order valence-electron chi connectivity index (χ0n) is 9.55. The number of hydrogen-bond acceptors (Lipinski definition) is 3. The number of likely N-dealkylation sites (N-methyl/N-ethyl adjacent to an activating group) is 1. The van der Waals surface area contributed by atoms with E-state index in [0.29, 0.717) is 0 Å². The van der Waals surface area contributed by atoms with Crippen molar-refractivity contribution in [3.05, 3.63) is 11.8 Å². The molecule has 1 aliphatic rings. The maximum atomic E-state index is 5.57. The molecule has 3 heteroatoms. The van der Waals surface area contributed by atoms with E-state index in [1.54, 1.807) is 0 Å². The second-order valence-electron chi connectivity index (χ2n) is 3.78. The third-order valence-electron chi connectivity index (χ3n) is 2.48. The number of hydrogen-bond donors (Lipinski definition) is 2. The predicted molar refractivity (Wildman–Crippen MR) is 62.2 cm³/mol. The molecule has 0 aromatic heterocycles. The largest absolute Gasteiger partial charge is 0.364 e. The second kappa shape index (κ2) is 6.49. The summed E-state index contributed by atoms with van der Waals surface area (Å²) in [6.45, 7) is 2.87. The number of allylic oxidation sites excluding steroid dienone is 1. The van der Waals surface area contributed by atoms with Gasteiger partial charge < -0.3 is 15.4 Å². The molecule has 2 unspecified atom stereocenters. The zero-order chi connectivity index (χ0) is 11.1. The third-order valence-corrected chi connectivity index (χ3v) is 2.48. The van der Waals surface area contributed by atoms with Crippen molar-refractivity contribution in [2.24, 2.45) is 0 Å². The Morgan fingerprint density at radius 3 is 2.93 bits per heavy atom. The molecule has 1 saturated heterocycles. The van der Waals surface area contributed by atoms with Crippen LogP contribution in [0.2, 0.25) is 0 Å². The van der Waals surface area contributed by atoms with Gasteiger partial charge in [0.1, 0.15) is 6.23 Å². The lowest BCUT2D eigenvalue weighted by Gasteiger charge is -2.25. The van der Waals surface area contributed by atoms with Gasteiger partial charge in [-0.05, 0) is 39.3 Å². The van der Waals surface area contributed by atoms with Crippen LogP contribution in [-0.4, -0.2) is 25.9 Å². The van der Waals surface area contributed by atoms with E-state index in [2.05, 4.69) is 16.6 Å². The Bertz CT molecular complexity index is 249. The van der Waals surface area contributed by atoms with Crippen LogP contribution in [0.1, 0.15) is 26.2 Å². The molecule has 0 spiro atoms. The van der Waals surface area contributed by atoms with Crippen molar-refractivity contribution >= 4 is 0 Å². The minimum Gasteiger partial charge on any atom is -0.364 e. The van der Waals surface area contributed by atoms with Crippen molar-refractivity contribution in [3.63, 3.8) is 0 Å². The Labute approximate surface area is 92.3 Å². The van der Waals surface area contributed by atoms with Gasteiger partial charge in [0.15, 0.2) is 0 Å². The van der Waals surface area contributed by atoms with Gasteiger partial charge in [-0.3, -0.25) is 0 Å². The predicted octanol–water partition coefficient (Wildman–Crippen LogP) is 1.23. The highest BCUT2D eigenvalue weighted by Gasteiger charge is 2.12.